The molecule has 0 unspecified atom stereocenters. The first-order valence-corrected chi connectivity index (χ1v) is 10.4. The Kier molecular flexibility index (Phi) is 4.79. The molecule has 2 aromatic heterocycles. The molecule has 0 atom stereocenters. The fourth-order valence-electron chi connectivity index (χ4n) is 3.57. The van der Waals surface area contributed by atoms with Crippen molar-refractivity contribution in [1.29, 1.82) is 0 Å². The van der Waals surface area contributed by atoms with Crippen LogP contribution in [0.15, 0.2) is 61.2 Å². The molecule has 0 spiro atoms. The molecule has 7 nitrogen and oxygen atoms in total. The van der Waals surface area contributed by atoms with Crippen LogP contribution in [0.5, 0.6) is 0 Å². The largest absolute Gasteiger partial charge is 0.336 e. The Morgan fingerprint density at radius 1 is 1.00 bits per heavy atom. The van der Waals surface area contributed by atoms with Crippen LogP contribution in [0.2, 0.25) is 0 Å². The van der Waals surface area contributed by atoms with Crippen LogP contribution in [0, 0.1) is 0 Å². The third-order valence-corrected chi connectivity index (χ3v) is 6.18. The predicted molar refractivity (Wildman–Crippen MR) is 112 cm³/mol. The highest BCUT2D eigenvalue weighted by molar-refractivity contribution is 7.18. The van der Waals surface area contributed by atoms with Crippen molar-refractivity contribution in [3.63, 3.8) is 0 Å². The Morgan fingerprint density at radius 2 is 1.79 bits per heavy atom. The van der Waals surface area contributed by atoms with Crippen LogP contribution >= 0.6 is 11.3 Å². The molecule has 0 N–H and O–H groups in total. The van der Waals surface area contributed by atoms with Crippen molar-refractivity contribution in [2.24, 2.45) is 0 Å². The van der Waals surface area contributed by atoms with Gasteiger partial charge in [-0.1, -0.05) is 12.1 Å². The van der Waals surface area contributed by atoms with Gasteiger partial charge < -0.3 is 4.90 Å². The van der Waals surface area contributed by atoms with E-state index in [0.717, 1.165) is 48.9 Å². The van der Waals surface area contributed by atoms with Crippen LogP contribution in [0.1, 0.15) is 15.4 Å². The fourth-order valence-corrected chi connectivity index (χ4v) is 4.58. The van der Waals surface area contributed by atoms with Crippen LogP contribution in [0.3, 0.4) is 0 Å². The van der Waals surface area contributed by atoms with Crippen molar-refractivity contribution in [3.8, 4) is 5.69 Å². The zero-order valence-corrected chi connectivity index (χ0v) is 16.6. The molecule has 146 valence electrons. The predicted octanol–water partition coefficient (Wildman–Crippen LogP) is 2.84. The lowest BCUT2D eigenvalue weighted by atomic mass is 10.1. The van der Waals surface area contributed by atoms with Crippen molar-refractivity contribution in [2.45, 2.75) is 6.54 Å². The van der Waals surface area contributed by atoms with Crippen LogP contribution < -0.4 is 0 Å². The molecule has 0 bridgehead atoms. The Hall–Kier alpha value is -3.10. The minimum absolute atomic E-state index is 0.0785. The summed E-state index contributed by atoms with van der Waals surface area (Å²) in [7, 11) is 0. The number of carbonyl (C=O) groups is 1. The Morgan fingerprint density at radius 3 is 2.52 bits per heavy atom. The molecule has 3 heterocycles. The van der Waals surface area contributed by atoms with Gasteiger partial charge in [-0.25, -0.2) is 14.6 Å². The van der Waals surface area contributed by atoms with E-state index in [1.54, 1.807) is 22.3 Å². The first-order valence-electron chi connectivity index (χ1n) is 9.57. The minimum Gasteiger partial charge on any atom is -0.336 e. The Labute approximate surface area is 172 Å². The number of nitrogens with zero attached hydrogens (tertiary/aromatic N) is 6. The van der Waals surface area contributed by atoms with Gasteiger partial charge >= 0.3 is 0 Å². The van der Waals surface area contributed by atoms with Gasteiger partial charge in [-0.3, -0.25) is 9.69 Å². The summed E-state index contributed by atoms with van der Waals surface area (Å²) in [6.45, 7) is 4.02. The number of thiazole rings is 1. The van der Waals surface area contributed by atoms with E-state index in [4.69, 9.17) is 4.98 Å². The molecule has 1 aliphatic rings. The minimum atomic E-state index is 0.0785. The van der Waals surface area contributed by atoms with E-state index < -0.39 is 0 Å². The molecule has 4 aromatic rings. The molecular formula is C21H20N6OS. The molecule has 0 aliphatic carbocycles. The lowest BCUT2D eigenvalue weighted by Gasteiger charge is -2.34. The topological polar surface area (TPSA) is 67.2 Å². The van der Waals surface area contributed by atoms with Gasteiger partial charge in [0.05, 0.1) is 22.4 Å². The summed E-state index contributed by atoms with van der Waals surface area (Å²) in [5, 5.41) is 5.24. The van der Waals surface area contributed by atoms with Gasteiger partial charge in [-0.2, -0.15) is 5.10 Å². The van der Waals surface area contributed by atoms with Crippen LogP contribution in [-0.2, 0) is 6.54 Å². The van der Waals surface area contributed by atoms with Gasteiger partial charge in [0, 0.05) is 31.7 Å². The van der Waals surface area contributed by atoms with Gasteiger partial charge in [0.1, 0.15) is 17.7 Å². The second-order valence-corrected chi connectivity index (χ2v) is 8.15. The van der Waals surface area contributed by atoms with Crippen LogP contribution in [-0.4, -0.2) is 61.6 Å². The normalized spacial score (nSPS) is 15.1. The summed E-state index contributed by atoms with van der Waals surface area (Å²) >= 11 is 1.75. The first kappa shape index (κ1) is 18.0. The molecule has 1 aliphatic heterocycles. The molecule has 1 amide bonds. The quantitative estimate of drug-likeness (QED) is 0.523. The number of carbonyl (C=O) groups excluding carboxylic acids is 1. The highest BCUT2D eigenvalue weighted by atomic mass is 32.1. The molecule has 8 heteroatoms. The summed E-state index contributed by atoms with van der Waals surface area (Å²) in [6.07, 6.45) is 3.13. The summed E-state index contributed by atoms with van der Waals surface area (Å²) in [6, 6.07) is 15.7. The van der Waals surface area contributed by atoms with Gasteiger partial charge in [0.25, 0.3) is 5.91 Å². The van der Waals surface area contributed by atoms with Crippen molar-refractivity contribution in [1.82, 2.24) is 29.5 Å². The number of rotatable bonds is 4. The molecule has 0 radical (unpaired) electrons. The average Bonchev–Trinajstić information content (AvgIpc) is 3.43. The van der Waals surface area contributed by atoms with Crippen LogP contribution in [0.4, 0.5) is 0 Å². The monoisotopic (exact) mass is 404 g/mol. The number of fused-ring (bicyclic) bond motifs is 1. The first-order chi connectivity index (χ1) is 14.3. The average molecular weight is 404 g/mol. The van der Waals surface area contributed by atoms with E-state index >= 15 is 0 Å². The molecule has 1 fully saturated rings. The smallest absolute Gasteiger partial charge is 0.253 e. The molecule has 29 heavy (non-hydrogen) atoms. The number of hydrogen-bond acceptors (Lipinski definition) is 6. The maximum Gasteiger partial charge on any atom is 0.253 e. The zero-order chi connectivity index (χ0) is 19.6. The number of aromatic nitrogens is 4. The number of amides is 1. The van der Waals surface area contributed by atoms with E-state index in [2.05, 4.69) is 27.1 Å². The van der Waals surface area contributed by atoms with Gasteiger partial charge in [0.2, 0.25) is 0 Å². The van der Waals surface area contributed by atoms with Gasteiger partial charge in [-0.05, 0) is 36.4 Å². The number of para-hydroxylation sites is 1. The molecule has 2 aromatic carbocycles. The second kappa shape index (κ2) is 7.73. The SMILES string of the molecule is O=C(c1ccc(-n2cncn2)cc1)N1CCN(Cc2nc3ccccc3s2)CC1. The molecule has 5 rings (SSSR count). The Bertz CT molecular complexity index is 1080. The van der Waals surface area contributed by atoms with E-state index in [-0.39, 0.29) is 5.91 Å². The third kappa shape index (κ3) is 3.76. The third-order valence-electron chi connectivity index (χ3n) is 5.15. The maximum absolute atomic E-state index is 12.8. The lowest BCUT2D eigenvalue weighted by Crippen LogP contribution is -2.48. The fraction of sp³-hybridized carbons (Fsp3) is 0.238. The van der Waals surface area contributed by atoms with Crippen molar-refractivity contribution < 1.29 is 4.79 Å². The lowest BCUT2D eigenvalue weighted by molar-refractivity contribution is 0.0628. The van der Waals surface area contributed by atoms with Gasteiger partial charge in [-0.15, -0.1) is 11.3 Å². The highest BCUT2D eigenvalue weighted by Crippen LogP contribution is 2.23. The van der Waals surface area contributed by atoms with Gasteiger partial charge in [0.15, 0.2) is 0 Å². The highest BCUT2D eigenvalue weighted by Gasteiger charge is 2.23. The summed E-state index contributed by atoms with van der Waals surface area (Å²) in [5.74, 6) is 0.0785. The molecule has 1 saturated heterocycles. The summed E-state index contributed by atoms with van der Waals surface area (Å²) < 4.78 is 2.90. The number of benzene rings is 2. The van der Waals surface area contributed by atoms with E-state index in [9.17, 15) is 4.79 Å². The summed E-state index contributed by atoms with van der Waals surface area (Å²) in [5.41, 5.74) is 2.66. The van der Waals surface area contributed by atoms with Crippen LogP contribution in [0.25, 0.3) is 15.9 Å². The standard InChI is InChI=1S/C21H20N6OS/c28-21(16-5-7-17(8-6-16)27-15-22-14-23-27)26-11-9-25(10-12-26)13-20-24-18-3-1-2-4-19(18)29-20/h1-8,14-15H,9-13H2. The van der Waals surface area contributed by atoms with E-state index in [1.807, 2.05) is 41.3 Å². The van der Waals surface area contributed by atoms with Crippen molar-refractivity contribution in [2.75, 3.05) is 26.2 Å². The maximum atomic E-state index is 12.8. The van der Waals surface area contributed by atoms with Crippen molar-refractivity contribution in [3.05, 3.63) is 71.8 Å². The summed E-state index contributed by atoms with van der Waals surface area (Å²) in [4.78, 5) is 25.8. The molecule has 0 saturated carbocycles. The van der Waals surface area contributed by atoms with Crippen molar-refractivity contribution >= 4 is 27.5 Å². The van der Waals surface area contributed by atoms with E-state index in [1.165, 1.54) is 11.0 Å². The number of hydrogen-bond donors (Lipinski definition) is 0. The Balaban J connectivity index is 1.19. The second-order valence-electron chi connectivity index (χ2n) is 7.03. The van der Waals surface area contributed by atoms with E-state index in [0.29, 0.717) is 5.56 Å². The zero-order valence-electron chi connectivity index (χ0n) is 15.8. The molecular weight excluding hydrogens is 384 g/mol. The number of piperazine rings is 1.